The lowest BCUT2D eigenvalue weighted by atomic mass is 10.0. The number of amides is 5. The van der Waals surface area contributed by atoms with E-state index in [9.17, 15) is 38.4 Å². The number of nitrogens with zero attached hydrogens (tertiary/aromatic N) is 3. The quantitative estimate of drug-likeness (QED) is 0.00421. The summed E-state index contributed by atoms with van der Waals surface area (Å²) in [6.07, 6.45) is 5.65. The molecule has 0 radical (unpaired) electrons. The summed E-state index contributed by atoms with van der Waals surface area (Å²) in [4.78, 5) is 117. The molecule has 0 aliphatic rings. The number of esters is 3. The van der Waals surface area contributed by atoms with Crippen LogP contribution in [0.4, 0.5) is 5.69 Å². The van der Waals surface area contributed by atoms with Crippen molar-refractivity contribution in [1.82, 2.24) is 31.6 Å². The van der Waals surface area contributed by atoms with Crippen LogP contribution in [-0.2, 0) is 91.6 Å². The van der Waals surface area contributed by atoms with Crippen molar-refractivity contribution in [2.75, 3.05) is 31.5 Å². The van der Waals surface area contributed by atoms with Gasteiger partial charge in [0.2, 0.25) is 29.5 Å². The van der Waals surface area contributed by atoms with Gasteiger partial charge < -0.3 is 115 Å². The van der Waals surface area contributed by atoms with Crippen molar-refractivity contribution in [2.24, 2.45) is 83.8 Å². The van der Waals surface area contributed by atoms with Crippen LogP contribution in [0.25, 0.3) is 66.2 Å². The van der Waals surface area contributed by atoms with E-state index in [0.717, 1.165) is 99.6 Å². The zero-order valence-corrected chi connectivity index (χ0v) is 80.8. The van der Waals surface area contributed by atoms with Crippen LogP contribution < -0.4 is 101 Å². The molecule has 33 nitrogen and oxygen atoms in total. The number of aromatic amines is 1. The molecule has 0 aliphatic carbocycles. The van der Waals surface area contributed by atoms with Crippen molar-refractivity contribution >= 4 is 92.7 Å². The SMILES string of the molecule is C.C.C.C.C[C@H](N)C(=O)N[C@@H](CCCN=C(N)N)C(=O)OCc1ccc(-c2ccccc2)cc1.NC(N)=NCCC[C@H](N)C(=O)N[C@@H](Cc1c[nH]c2ccccc12)C(=O)Nc1ccc2ccccc2c1.NC(N)=NCCC[C@H](NC(=O)[C@@H](N)Cc1ccccc1)C(=O)OCc1ccc(-c2ccccc2)cc1.NC(N)NCCC[C@H](NC(=O)[C@@H](N)Cc1ccc(-c2ccccc2)cc1)C(=O)OCc1ccc(-c2ccccc2)cc1. The molecule has 0 bridgehead atoms. The summed E-state index contributed by atoms with van der Waals surface area (Å²) >= 11 is 0. The largest absolute Gasteiger partial charge is 0.459 e. The van der Waals surface area contributed by atoms with Crippen molar-refractivity contribution < 1.29 is 52.6 Å². The lowest BCUT2D eigenvalue weighted by molar-refractivity contribution is -0.150. The number of fused-ring (bicyclic) bond motifs is 2. The van der Waals surface area contributed by atoms with E-state index in [1.54, 1.807) is 6.92 Å². The Balaban J connectivity index is 0.000000300. The number of carbonyl (C=O) groups excluding carboxylic acids is 8. The predicted octanol–water partition coefficient (Wildman–Crippen LogP) is 12.4. The van der Waals surface area contributed by atoms with Gasteiger partial charge in [-0.2, -0.15) is 0 Å². The second kappa shape index (κ2) is 64.5. The standard InChI is InChI=1S/C34H39N5O3.C28H33N5O3.C27H31N7O2.C22H29N5O3.4CH4/c35-30(22-24-13-17-28(18-14-24)26-8-3-1-4-9-26)32(40)39-31(12-7-21-38-34(36)37)33(41)42-23-25-15-19-29(20-16-25)27-10-5-2-6-11-27;29-24(18-20-8-3-1-4-9-20)26(34)33-25(12-7-17-32-28(30)31)27(35)36-19-21-13-15-23(16-14-21)22-10-5-2-6-11-22;28-22(9-5-13-31-27(29)30)25(35)34-24(15-19-16-32-23-10-4-3-8-21(19)23)26(36)33-20-12-11-17-6-1-2-7-18(17)14-20;1-15(23)20(28)27-19(8-5-13-26-22(24)25)21(29)30-14-16-9-11-18(12-10-16)17-6-3-2-4-7-17;;;;/h1-6,8-11,13-20,30-31,34,38H,7,12,21-23,35-37H2,(H,39,40);1-6,8-11,13-16,24-25H,7,12,17-19,29H2,(H,33,34)(H4,30,31,32);1-4,6-8,10-12,14,16,22,24,32H,5,9,13,15,28H2,(H,33,36)(H,34,35)(H4,29,30,31);2-4,6-7,9-12,15,19H,5,8,13-14,23H2,1H3,(H,27,28)(H4,24,25,26);4*1H4/t30-,31-;24-,25-;22-,24-;15-,19-;;;;/m0000..../s1. The van der Waals surface area contributed by atoms with Crippen molar-refractivity contribution in [3.63, 3.8) is 0 Å². The van der Waals surface area contributed by atoms with Crippen molar-refractivity contribution in [1.29, 1.82) is 0 Å². The number of guanidine groups is 3. The summed E-state index contributed by atoms with van der Waals surface area (Å²) in [6, 6.07) is 95.8. The van der Waals surface area contributed by atoms with Gasteiger partial charge in [-0.05, 0) is 185 Å². The van der Waals surface area contributed by atoms with E-state index in [-0.39, 0.29) is 73.3 Å². The fourth-order valence-electron chi connectivity index (χ4n) is 15.2. The molecule has 148 heavy (non-hydrogen) atoms. The van der Waals surface area contributed by atoms with Gasteiger partial charge in [-0.3, -0.25) is 44.3 Å². The Kier molecular flexibility index (Phi) is 52.5. The molecule has 0 unspecified atom stereocenters. The van der Waals surface area contributed by atoms with Crippen LogP contribution in [0.5, 0.6) is 0 Å². The minimum Gasteiger partial charge on any atom is -0.459 e. The maximum absolute atomic E-state index is 13.4. The molecular weight excluding hydrogens is 1870 g/mol. The highest BCUT2D eigenvalue weighted by Gasteiger charge is 2.30. The van der Waals surface area contributed by atoms with Gasteiger partial charge in [-0.1, -0.05) is 327 Å². The van der Waals surface area contributed by atoms with Gasteiger partial charge >= 0.3 is 17.9 Å². The molecule has 31 N–H and O–H groups in total. The average molecular weight is 2010 g/mol. The molecule has 0 aliphatic heterocycles. The highest BCUT2D eigenvalue weighted by atomic mass is 16.5. The highest BCUT2D eigenvalue weighted by Crippen LogP contribution is 2.27. The van der Waals surface area contributed by atoms with E-state index in [4.69, 9.17) is 83.0 Å². The smallest absolute Gasteiger partial charge is 0.328 e. The Morgan fingerprint density at radius 1 is 0.318 bits per heavy atom. The Hall–Kier alpha value is -16.3. The number of hydrogen-bond acceptors (Lipinski definition) is 21. The minimum absolute atomic E-state index is 0. The van der Waals surface area contributed by atoms with Gasteiger partial charge in [-0.25, -0.2) is 14.4 Å². The maximum Gasteiger partial charge on any atom is 0.328 e. The fraction of sp³-hybridized carbons (Fsp3) is 0.278. The first kappa shape index (κ1) is 120. The third-order valence-electron chi connectivity index (χ3n) is 23.0. The number of carbonyl (C=O) groups is 8. The molecule has 33 heteroatoms. The number of rotatable bonds is 46. The number of H-pyrrole nitrogens is 1. The summed E-state index contributed by atoms with van der Waals surface area (Å²) in [6.45, 7) is 3.37. The normalized spacial score (nSPS) is 12.1. The lowest BCUT2D eigenvalue weighted by Gasteiger charge is -2.21. The molecule has 1 aromatic heterocycles. The number of aromatic nitrogens is 1. The summed E-state index contributed by atoms with van der Waals surface area (Å²) in [5, 5.41) is 20.0. The van der Waals surface area contributed by atoms with Gasteiger partial charge in [-0.15, -0.1) is 0 Å². The van der Waals surface area contributed by atoms with Crippen molar-refractivity contribution in [2.45, 2.75) is 182 Å². The molecule has 12 aromatic carbocycles. The van der Waals surface area contributed by atoms with E-state index in [1.165, 1.54) is 0 Å². The molecule has 8 atom stereocenters. The van der Waals surface area contributed by atoms with Gasteiger partial charge in [0.15, 0.2) is 17.9 Å². The van der Waals surface area contributed by atoms with Crippen LogP contribution in [0.2, 0.25) is 0 Å². The zero-order chi connectivity index (χ0) is 103. The number of nitrogens with one attached hydrogen (secondary N) is 7. The van der Waals surface area contributed by atoms with E-state index in [0.29, 0.717) is 102 Å². The third-order valence-corrected chi connectivity index (χ3v) is 23.0. The molecule has 13 rings (SSSR count). The first-order valence-corrected chi connectivity index (χ1v) is 47.7. The topological polar surface area (TPSA) is 602 Å². The van der Waals surface area contributed by atoms with E-state index < -0.39 is 96.2 Å². The second-order valence-electron chi connectivity index (χ2n) is 34.4. The summed E-state index contributed by atoms with van der Waals surface area (Å²) in [7, 11) is 0. The lowest BCUT2D eigenvalue weighted by Crippen LogP contribution is -2.51. The Morgan fingerprint density at radius 2 is 0.642 bits per heavy atom. The number of nitrogens with two attached hydrogens (primary N) is 12. The average Bonchev–Trinajstić information content (AvgIpc) is 1.61. The molecular formula is C115H148N22O11. The molecule has 1 heterocycles. The van der Waals surface area contributed by atoms with Crippen LogP contribution >= 0.6 is 0 Å². The summed E-state index contributed by atoms with van der Waals surface area (Å²) < 4.78 is 16.6. The van der Waals surface area contributed by atoms with E-state index in [1.807, 2.05) is 322 Å². The maximum atomic E-state index is 13.4. The predicted molar refractivity (Wildman–Crippen MR) is 597 cm³/mol. The molecule has 0 saturated carbocycles. The Morgan fingerprint density at radius 3 is 1.03 bits per heavy atom. The van der Waals surface area contributed by atoms with Crippen LogP contribution in [0, 0.1) is 0 Å². The summed E-state index contributed by atoms with van der Waals surface area (Å²) in [5.41, 5.74) is 82.9. The van der Waals surface area contributed by atoms with E-state index >= 15 is 0 Å². The number of benzene rings is 12. The number of anilines is 1. The monoisotopic (exact) mass is 2010 g/mol. The van der Waals surface area contributed by atoms with Gasteiger partial charge in [0.1, 0.15) is 50.3 Å². The number of aliphatic imine (C=N–C) groups is 3. The van der Waals surface area contributed by atoms with Crippen molar-refractivity contribution in [3.05, 3.63) is 355 Å². The molecule has 784 valence electrons. The molecule has 0 fully saturated rings. The van der Waals surface area contributed by atoms with Gasteiger partial charge in [0.05, 0.1) is 24.2 Å². The Labute approximate surface area is 868 Å². The number of para-hydroxylation sites is 1. The number of hydrogen-bond donors (Lipinski definition) is 19. The van der Waals surface area contributed by atoms with Crippen LogP contribution in [-0.4, -0.2) is 151 Å². The fourth-order valence-corrected chi connectivity index (χ4v) is 15.2. The molecule has 5 amide bonds. The van der Waals surface area contributed by atoms with E-state index in [2.05, 4.69) is 51.9 Å². The second-order valence-corrected chi connectivity index (χ2v) is 34.4. The minimum atomic E-state index is -0.864. The Bertz CT molecular complexity index is 6280. The molecule has 0 saturated heterocycles. The molecule has 0 spiro atoms. The van der Waals surface area contributed by atoms with Gasteiger partial charge in [0, 0.05) is 48.8 Å². The number of ether oxygens (including phenoxy) is 3. The third kappa shape index (κ3) is 41.8. The summed E-state index contributed by atoms with van der Waals surface area (Å²) in [5.74, 6) is -3.62. The highest BCUT2D eigenvalue weighted by molar-refractivity contribution is 6.00. The van der Waals surface area contributed by atoms with Crippen LogP contribution in [0.3, 0.4) is 0 Å². The zero-order valence-electron chi connectivity index (χ0n) is 80.8. The van der Waals surface area contributed by atoms with Crippen molar-refractivity contribution in [3.8, 4) is 44.5 Å². The van der Waals surface area contributed by atoms with Crippen LogP contribution in [0.15, 0.2) is 337 Å². The van der Waals surface area contributed by atoms with Gasteiger partial charge in [0.25, 0.3) is 0 Å². The van der Waals surface area contributed by atoms with Crippen LogP contribution in [0.1, 0.15) is 121 Å². The molecule has 13 aromatic rings. The first-order valence-electron chi connectivity index (χ1n) is 47.7. The first-order chi connectivity index (χ1) is 69.6.